The van der Waals surface area contributed by atoms with Gasteiger partial charge in [0.2, 0.25) is 0 Å². The summed E-state index contributed by atoms with van der Waals surface area (Å²) in [5, 5.41) is 1.20. The molecule has 1 aromatic carbocycles. The largest absolute Gasteiger partial charge is 0.297 e. The Balaban J connectivity index is 2.79. The molecule has 0 aliphatic heterocycles. The van der Waals surface area contributed by atoms with Gasteiger partial charge in [0.1, 0.15) is 0 Å². The van der Waals surface area contributed by atoms with Gasteiger partial charge in [0.15, 0.2) is 6.29 Å². The molecule has 0 amide bonds. The first-order chi connectivity index (χ1) is 6.76. The number of carbonyl (C=O) groups is 1. The molecular weight excluding hydrogens is 327 g/mol. The summed E-state index contributed by atoms with van der Waals surface area (Å²) in [6.45, 7) is 0. The summed E-state index contributed by atoms with van der Waals surface area (Å²) in [7, 11) is 0. The lowest BCUT2D eigenvalue weighted by atomic mass is 10.2. The molecule has 0 aliphatic carbocycles. The summed E-state index contributed by atoms with van der Waals surface area (Å²) < 4.78 is 2.41. The summed E-state index contributed by atoms with van der Waals surface area (Å²) in [6.07, 6.45) is 2.95. The lowest BCUT2D eigenvalue weighted by Crippen LogP contribution is -1.74. The van der Waals surface area contributed by atoms with Gasteiger partial charge in [0, 0.05) is 18.6 Å². The second kappa shape index (κ2) is 4.20. The predicted molar refractivity (Wildman–Crippen MR) is 71.7 cm³/mol. The summed E-state index contributed by atoms with van der Waals surface area (Å²) in [5.74, 6) is 0. The second-order valence-corrected chi connectivity index (χ2v) is 5.90. The maximum Gasteiger partial charge on any atom is 0.161 e. The number of aldehydes is 1. The van der Waals surface area contributed by atoms with Crippen LogP contribution in [0, 0.1) is 3.57 Å². The van der Waals surface area contributed by atoms with E-state index in [2.05, 4.69) is 40.8 Å². The van der Waals surface area contributed by atoms with Gasteiger partial charge in [-0.15, -0.1) is 23.1 Å². The van der Waals surface area contributed by atoms with E-state index in [0.29, 0.717) is 0 Å². The summed E-state index contributed by atoms with van der Waals surface area (Å²) in [4.78, 5) is 12.8. The van der Waals surface area contributed by atoms with Crippen LogP contribution >= 0.6 is 45.7 Å². The van der Waals surface area contributed by atoms with Crippen LogP contribution in [0.2, 0.25) is 0 Å². The number of thiophene rings is 1. The number of halogens is 1. The van der Waals surface area contributed by atoms with Gasteiger partial charge in [-0.25, -0.2) is 0 Å². The van der Waals surface area contributed by atoms with Crippen LogP contribution in [-0.2, 0) is 0 Å². The number of hydrogen-bond donors (Lipinski definition) is 0. The van der Waals surface area contributed by atoms with Gasteiger partial charge < -0.3 is 0 Å². The van der Waals surface area contributed by atoms with Crippen molar-refractivity contribution < 1.29 is 4.79 Å². The molecule has 0 fully saturated rings. The fourth-order valence-electron chi connectivity index (χ4n) is 1.35. The normalized spacial score (nSPS) is 10.7. The Labute approximate surface area is 104 Å². The molecule has 0 unspecified atom stereocenters. The standard InChI is InChI=1S/C10H7IOS2/c1-13-10-7-3-2-6(11)4-8(7)14-9(10)5-12/h2-5H,1H3. The molecule has 0 spiro atoms. The van der Waals surface area contributed by atoms with Crippen LogP contribution in [-0.4, -0.2) is 12.5 Å². The van der Waals surface area contributed by atoms with Gasteiger partial charge in [-0.3, -0.25) is 4.79 Å². The van der Waals surface area contributed by atoms with Crippen molar-refractivity contribution in [3.63, 3.8) is 0 Å². The fraction of sp³-hybridized carbons (Fsp3) is 0.100. The Morgan fingerprint density at radius 2 is 2.29 bits per heavy atom. The van der Waals surface area contributed by atoms with Crippen LogP contribution in [0.4, 0.5) is 0 Å². The van der Waals surface area contributed by atoms with E-state index in [-0.39, 0.29) is 0 Å². The molecule has 0 saturated heterocycles. The minimum absolute atomic E-state index is 0.842. The first-order valence-corrected chi connectivity index (χ1v) is 7.09. The maximum atomic E-state index is 10.8. The van der Waals surface area contributed by atoms with Gasteiger partial charge in [-0.1, -0.05) is 6.07 Å². The fourth-order valence-corrected chi connectivity index (χ4v) is 4.10. The molecule has 0 bridgehead atoms. The van der Waals surface area contributed by atoms with Crippen molar-refractivity contribution in [3.05, 3.63) is 26.6 Å². The Hall–Kier alpha value is -0.0700. The molecule has 1 aromatic heterocycles. The number of thioether (sulfide) groups is 1. The third-order valence-corrected chi connectivity index (χ3v) is 4.67. The Kier molecular flexibility index (Phi) is 3.14. The van der Waals surface area contributed by atoms with E-state index in [1.807, 2.05) is 6.26 Å². The highest BCUT2D eigenvalue weighted by Crippen LogP contribution is 2.36. The lowest BCUT2D eigenvalue weighted by molar-refractivity contribution is 0.112. The highest BCUT2D eigenvalue weighted by Gasteiger charge is 2.10. The van der Waals surface area contributed by atoms with Crippen LogP contribution < -0.4 is 0 Å². The zero-order chi connectivity index (χ0) is 10.1. The van der Waals surface area contributed by atoms with E-state index in [1.165, 1.54) is 13.7 Å². The van der Waals surface area contributed by atoms with Crippen LogP contribution in [0.25, 0.3) is 10.1 Å². The second-order valence-electron chi connectivity index (χ2n) is 2.76. The van der Waals surface area contributed by atoms with E-state index >= 15 is 0 Å². The van der Waals surface area contributed by atoms with E-state index in [9.17, 15) is 4.79 Å². The molecule has 0 atom stereocenters. The molecule has 0 radical (unpaired) electrons. The first-order valence-electron chi connectivity index (χ1n) is 3.97. The van der Waals surface area contributed by atoms with Gasteiger partial charge in [0.05, 0.1) is 4.88 Å². The van der Waals surface area contributed by atoms with Crippen LogP contribution in [0.5, 0.6) is 0 Å². The van der Waals surface area contributed by atoms with E-state index < -0.39 is 0 Å². The number of hydrogen-bond acceptors (Lipinski definition) is 3. The minimum atomic E-state index is 0.842. The molecule has 2 aromatic rings. The van der Waals surface area contributed by atoms with Gasteiger partial charge in [-0.05, 0) is 41.0 Å². The van der Waals surface area contributed by atoms with Crippen molar-refractivity contribution in [2.75, 3.05) is 6.26 Å². The third kappa shape index (κ3) is 1.70. The SMILES string of the molecule is CSc1c(C=O)sc2cc(I)ccc12. The summed E-state index contributed by atoms with van der Waals surface area (Å²) in [6, 6.07) is 6.28. The van der Waals surface area contributed by atoms with Crippen LogP contribution in [0.1, 0.15) is 9.67 Å². The van der Waals surface area contributed by atoms with Crippen molar-refractivity contribution in [1.29, 1.82) is 0 Å². The molecule has 1 nitrogen and oxygen atoms in total. The molecule has 0 aliphatic rings. The van der Waals surface area contributed by atoms with Crippen LogP contribution in [0.3, 0.4) is 0 Å². The Morgan fingerprint density at radius 1 is 1.50 bits per heavy atom. The van der Waals surface area contributed by atoms with Crippen LogP contribution in [0.15, 0.2) is 23.1 Å². The van der Waals surface area contributed by atoms with Crippen molar-refractivity contribution in [2.45, 2.75) is 4.90 Å². The average Bonchev–Trinajstić information content (AvgIpc) is 2.54. The summed E-state index contributed by atoms with van der Waals surface area (Å²) in [5.41, 5.74) is 0. The van der Waals surface area contributed by atoms with Crippen molar-refractivity contribution in [1.82, 2.24) is 0 Å². The molecule has 72 valence electrons. The molecule has 0 saturated carbocycles. The summed E-state index contributed by atoms with van der Waals surface area (Å²) >= 11 is 5.49. The zero-order valence-corrected chi connectivity index (χ0v) is 11.2. The number of fused-ring (bicyclic) bond motifs is 1. The Morgan fingerprint density at radius 3 is 2.93 bits per heavy atom. The molecule has 4 heteroatoms. The van der Waals surface area contributed by atoms with E-state index in [4.69, 9.17) is 0 Å². The number of rotatable bonds is 2. The van der Waals surface area contributed by atoms with Gasteiger partial charge in [-0.2, -0.15) is 0 Å². The molecular formula is C10H7IOS2. The first kappa shape index (κ1) is 10.4. The predicted octanol–water partition coefficient (Wildman–Crippen LogP) is 4.04. The monoisotopic (exact) mass is 334 g/mol. The maximum absolute atomic E-state index is 10.8. The number of benzene rings is 1. The lowest BCUT2D eigenvalue weighted by Gasteiger charge is -1.94. The van der Waals surface area contributed by atoms with Crippen molar-refractivity contribution >= 4 is 62.1 Å². The third-order valence-electron chi connectivity index (χ3n) is 1.94. The molecule has 1 heterocycles. The van der Waals surface area contributed by atoms with E-state index in [1.54, 1.807) is 23.1 Å². The quantitative estimate of drug-likeness (QED) is 0.468. The van der Waals surface area contributed by atoms with Gasteiger partial charge in [0.25, 0.3) is 0 Å². The van der Waals surface area contributed by atoms with Crippen molar-refractivity contribution in [3.8, 4) is 0 Å². The van der Waals surface area contributed by atoms with Gasteiger partial charge >= 0.3 is 0 Å². The molecule has 2 rings (SSSR count). The Bertz CT molecular complexity index is 490. The highest BCUT2D eigenvalue weighted by molar-refractivity contribution is 14.1. The smallest absolute Gasteiger partial charge is 0.161 e. The van der Waals surface area contributed by atoms with Crippen molar-refractivity contribution in [2.24, 2.45) is 0 Å². The topological polar surface area (TPSA) is 17.1 Å². The molecule has 0 N–H and O–H groups in total. The van der Waals surface area contributed by atoms with E-state index in [0.717, 1.165) is 16.1 Å². The highest BCUT2D eigenvalue weighted by atomic mass is 127. The minimum Gasteiger partial charge on any atom is -0.297 e. The zero-order valence-electron chi connectivity index (χ0n) is 7.41. The average molecular weight is 334 g/mol. The molecule has 14 heavy (non-hydrogen) atoms. The number of carbonyl (C=O) groups excluding carboxylic acids is 1.